The van der Waals surface area contributed by atoms with E-state index in [0.29, 0.717) is 13.0 Å². The van der Waals surface area contributed by atoms with Gasteiger partial charge in [-0.05, 0) is 22.1 Å². The van der Waals surface area contributed by atoms with Gasteiger partial charge in [-0.25, -0.2) is 0 Å². The molecule has 0 radical (unpaired) electrons. The van der Waals surface area contributed by atoms with Crippen molar-refractivity contribution in [2.45, 2.75) is 32.2 Å². The Morgan fingerprint density at radius 1 is 1.10 bits per heavy atom. The Labute approximate surface area is 125 Å². The topological polar surface area (TPSA) is 29.4 Å². The van der Waals surface area contributed by atoms with E-state index in [1.807, 2.05) is 42.6 Å². The number of nitrogens with zero attached hydrogens (tertiary/aromatic N) is 1. The molecule has 0 amide bonds. The third kappa shape index (κ3) is 2.66. The number of ketones is 1. The molecule has 1 aliphatic heterocycles. The highest BCUT2D eigenvalue weighted by Crippen LogP contribution is 2.30. The molecular weight excluding hydrogens is 258 g/mol. The minimum atomic E-state index is -0.166. The summed E-state index contributed by atoms with van der Waals surface area (Å²) in [7, 11) is 0. The summed E-state index contributed by atoms with van der Waals surface area (Å²) in [5.41, 5.74) is 4.02. The lowest BCUT2D eigenvalue weighted by Gasteiger charge is -2.25. The van der Waals surface area contributed by atoms with Crippen LogP contribution in [0.15, 0.2) is 53.5 Å². The molecule has 2 heteroatoms. The molecule has 3 rings (SSSR count). The highest BCUT2D eigenvalue weighted by Gasteiger charge is 2.26. The number of fused-ring (bicyclic) bond motifs is 1. The van der Waals surface area contributed by atoms with E-state index >= 15 is 0 Å². The van der Waals surface area contributed by atoms with Gasteiger partial charge in [0.15, 0.2) is 5.78 Å². The average molecular weight is 277 g/mol. The Balaban J connectivity index is 1.86. The first-order valence-electron chi connectivity index (χ1n) is 7.28. The Hall–Kier alpha value is -2.22. The normalized spacial score (nSPS) is 13.2. The van der Waals surface area contributed by atoms with E-state index in [9.17, 15) is 4.79 Å². The summed E-state index contributed by atoms with van der Waals surface area (Å²) < 4.78 is 0. The Morgan fingerprint density at radius 2 is 1.86 bits per heavy atom. The number of hydrogen-bond acceptors (Lipinski definition) is 2. The second-order valence-electron chi connectivity index (χ2n) is 6.19. The van der Waals surface area contributed by atoms with Gasteiger partial charge in [0, 0.05) is 18.2 Å². The van der Waals surface area contributed by atoms with Crippen LogP contribution in [-0.4, -0.2) is 12.0 Å². The van der Waals surface area contributed by atoms with Crippen molar-refractivity contribution in [3.8, 4) is 0 Å². The standard InChI is InChI=1S/C19H19NO/c1-19(2,15-8-4-3-5-9-15)11-18(21)16-10-6-7-14-12-20-13-17(14)16/h3-10,12H,11,13H2,1-2H3. The van der Waals surface area contributed by atoms with Crippen molar-refractivity contribution in [2.24, 2.45) is 4.99 Å². The maximum absolute atomic E-state index is 12.7. The van der Waals surface area contributed by atoms with Crippen LogP contribution in [0.3, 0.4) is 0 Å². The number of carbonyl (C=O) groups excluding carboxylic acids is 1. The lowest BCUT2D eigenvalue weighted by Crippen LogP contribution is -2.22. The van der Waals surface area contributed by atoms with E-state index in [4.69, 9.17) is 0 Å². The third-order valence-electron chi connectivity index (χ3n) is 4.15. The number of aliphatic imine (C=N–C) groups is 1. The van der Waals surface area contributed by atoms with Crippen LogP contribution in [-0.2, 0) is 12.0 Å². The van der Waals surface area contributed by atoms with Crippen LogP contribution in [0.2, 0.25) is 0 Å². The summed E-state index contributed by atoms with van der Waals surface area (Å²) in [5, 5.41) is 0. The monoisotopic (exact) mass is 277 g/mol. The Bertz CT molecular complexity index is 699. The second-order valence-corrected chi connectivity index (χ2v) is 6.19. The zero-order valence-corrected chi connectivity index (χ0v) is 12.5. The summed E-state index contributed by atoms with van der Waals surface area (Å²) in [4.78, 5) is 17.0. The van der Waals surface area contributed by atoms with Crippen molar-refractivity contribution in [2.75, 3.05) is 0 Å². The minimum absolute atomic E-state index is 0.166. The molecule has 0 aromatic heterocycles. The molecule has 2 aromatic rings. The number of rotatable bonds is 4. The van der Waals surface area contributed by atoms with Crippen molar-refractivity contribution in [3.63, 3.8) is 0 Å². The lowest BCUT2D eigenvalue weighted by molar-refractivity contribution is 0.0957. The van der Waals surface area contributed by atoms with E-state index in [1.54, 1.807) is 0 Å². The smallest absolute Gasteiger partial charge is 0.164 e. The maximum Gasteiger partial charge on any atom is 0.164 e. The number of hydrogen-bond donors (Lipinski definition) is 0. The zero-order valence-electron chi connectivity index (χ0n) is 12.5. The molecule has 21 heavy (non-hydrogen) atoms. The molecule has 1 aliphatic rings. The average Bonchev–Trinajstić information content (AvgIpc) is 2.96. The Kier molecular flexibility index (Phi) is 3.46. The van der Waals surface area contributed by atoms with Gasteiger partial charge in [0.05, 0.1) is 6.54 Å². The molecule has 0 bridgehead atoms. The minimum Gasteiger partial charge on any atom is -0.294 e. The van der Waals surface area contributed by atoms with E-state index in [0.717, 1.165) is 16.7 Å². The predicted molar refractivity (Wildman–Crippen MR) is 86.2 cm³/mol. The second kappa shape index (κ2) is 5.28. The molecule has 1 heterocycles. The molecule has 0 atom stereocenters. The first kappa shape index (κ1) is 13.7. The summed E-state index contributed by atoms with van der Waals surface area (Å²) in [6, 6.07) is 16.1. The molecule has 0 N–H and O–H groups in total. The molecule has 2 nitrogen and oxygen atoms in total. The molecular formula is C19H19NO. The highest BCUT2D eigenvalue weighted by atomic mass is 16.1. The third-order valence-corrected chi connectivity index (χ3v) is 4.15. The van der Waals surface area contributed by atoms with Crippen LogP contribution in [0.25, 0.3) is 0 Å². The Morgan fingerprint density at radius 3 is 2.62 bits per heavy atom. The van der Waals surface area contributed by atoms with Gasteiger partial charge in [-0.2, -0.15) is 0 Å². The van der Waals surface area contributed by atoms with E-state index in [-0.39, 0.29) is 11.2 Å². The van der Waals surface area contributed by atoms with Crippen LogP contribution >= 0.6 is 0 Å². The van der Waals surface area contributed by atoms with Gasteiger partial charge < -0.3 is 0 Å². The predicted octanol–water partition coefficient (Wildman–Crippen LogP) is 4.17. The van der Waals surface area contributed by atoms with Crippen molar-refractivity contribution in [1.82, 2.24) is 0 Å². The van der Waals surface area contributed by atoms with Crippen LogP contribution < -0.4 is 0 Å². The highest BCUT2D eigenvalue weighted by molar-refractivity contribution is 6.01. The van der Waals surface area contributed by atoms with Gasteiger partial charge in [-0.15, -0.1) is 0 Å². The van der Waals surface area contributed by atoms with Crippen molar-refractivity contribution in [3.05, 3.63) is 70.8 Å². The van der Waals surface area contributed by atoms with Gasteiger partial charge in [0.25, 0.3) is 0 Å². The van der Waals surface area contributed by atoms with Gasteiger partial charge >= 0.3 is 0 Å². The van der Waals surface area contributed by atoms with Crippen molar-refractivity contribution in [1.29, 1.82) is 0 Å². The molecule has 106 valence electrons. The van der Waals surface area contributed by atoms with Crippen LogP contribution in [0, 0.1) is 0 Å². The molecule has 0 saturated carbocycles. The number of carbonyl (C=O) groups is 1. The lowest BCUT2D eigenvalue weighted by atomic mass is 9.78. The largest absolute Gasteiger partial charge is 0.294 e. The van der Waals surface area contributed by atoms with Gasteiger partial charge in [0.2, 0.25) is 0 Å². The molecule has 0 saturated heterocycles. The summed E-state index contributed by atoms with van der Waals surface area (Å²) in [6.45, 7) is 4.88. The SMILES string of the molecule is CC(C)(CC(=O)c1cccc2c1CN=C2)c1ccccc1. The fourth-order valence-corrected chi connectivity index (χ4v) is 2.89. The first-order chi connectivity index (χ1) is 10.1. The van der Waals surface area contributed by atoms with Gasteiger partial charge in [0.1, 0.15) is 0 Å². The van der Waals surface area contributed by atoms with Crippen LogP contribution in [0.1, 0.15) is 47.3 Å². The first-order valence-corrected chi connectivity index (χ1v) is 7.28. The fourth-order valence-electron chi connectivity index (χ4n) is 2.89. The number of benzene rings is 2. The van der Waals surface area contributed by atoms with Crippen LogP contribution in [0.4, 0.5) is 0 Å². The quantitative estimate of drug-likeness (QED) is 0.771. The van der Waals surface area contributed by atoms with E-state index in [2.05, 4.69) is 31.0 Å². The summed E-state index contributed by atoms with van der Waals surface area (Å²) in [5.74, 6) is 0.200. The van der Waals surface area contributed by atoms with Gasteiger partial charge in [-0.3, -0.25) is 9.79 Å². The van der Waals surface area contributed by atoms with Crippen molar-refractivity contribution >= 4 is 12.0 Å². The van der Waals surface area contributed by atoms with Crippen molar-refractivity contribution < 1.29 is 4.79 Å². The summed E-state index contributed by atoms with van der Waals surface area (Å²) in [6.07, 6.45) is 2.36. The van der Waals surface area contributed by atoms with E-state index in [1.165, 1.54) is 5.56 Å². The molecule has 0 aliphatic carbocycles. The van der Waals surface area contributed by atoms with Crippen LogP contribution in [0.5, 0.6) is 0 Å². The maximum atomic E-state index is 12.7. The zero-order chi connectivity index (χ0) is 14.9. The molecule has 0 fully saturated rings. The number of Topliss-reactive ketones (excluding diaryl/α,β-unsaturated/α-hetero) is 1. The molecule has 0 spiro atoms. The van der Waals surface area contributed by atoms with Gasteiger partial charge in [-0.1, -0.05) is 62.4 Å². The summed E-state index contributed by atoms with van der Waals surface area (Å²) >= 11 is 0. The molecule has 2 aromatic carbocycles. The fraction of sp³-hybridized carbons (Fsp3) is 0.263. The van der Waals surface area contributed by atoms with E-state index < -0.39 is 0 Å². The molecule has 0 unspecified atom stereocenters.